The van der Waals surface area contributed by atoms with Crippen molar-refractivity contribution >= 4 is 33.0 Å². The third kappa shape index (κ3) is 6.30. The maximum absolute atomic E-state index is 13.7. The first-order valence-corrected chi connectivity index (χ1v) is 14.0. The molecule has 4 heterocycles. The molecule has 1 amide bonds. The lowest BCUT2D eigenvalue weighted by molar-refractivity contribution is -0.126. The Kier molecular flexibility index (Phi) is 7.62. The lowest BCUT2D eigenvalue weighted by atomic mass is 10.00. The molecule has 3 aromatic heterocycles. The summed E-state index contributed by atoms with van der Waals surface area (Å²) >= 11 is 1.21. The van der Waals surface area contributed by atoms with E-state index in [9.17, 15) is 18.0 Å². The van der Waals surface area contributed by atoms with Crippen LogP contribution in [0.3, 0.4) is 0 Å². The quantitative estimate of drug-likeness (QED) is 0.267. The van der Waals surface area contributed by atoms with E-state index in [1.165, 1.54) is 17.5 Å². The first-order chi connectivity index (χ1) is 18.9. The maximum atomic E-state index is 13.7. The molecule has 13 heteroatoms. The zero-order chi connectivity index (χ0) is 28.7. The van der Waals surface area contributed by atoms with Crippen LogP contribution >= 0.6 is 11.3 Å². The number of nitrogens with zero attached hydrogens (tertiary/aromatic N) is 4. The van der Waals surface area contributed by atoms with Crippen LogP contribution in [0.5, 0.6) is 0 Å². The van der Waals surface area contributed by atoms with Crippen LogP contribution in [0.15, 0.2) is 35.1 Å². The average Bonchev–Trinajstić information content (AvgIpc) is 3.61. The molecule has 1 saturated heterocycles. The number of carbonyl (C=O) groups is 1. The molecule has 1 aliphatic heterocycles. The van der Waals surface area contributed by atoms with Crippen LogP contribution < -0.4 is 16.0 Å². The summed E-state index contributed by atoms with van der Waals surface area (Å²) in [5.74, 6) is -0.228. The van der Waals surface area contributed by atoms with E-state index in [0.29, 0.717) is 21.9 Å². The fourth-order valence-corrected chi connectivity index (χ4v) is 6.03. The number of carbonyl (C=O) groups excluding carboxylic acids is 1. The molecule has 9 nitrogen and oxygen atoms in total. The van der Waals surface area contributed by atoms with Gasteiger partial charge < -0.3 is 20.5 Å². The predicted octanol–water partition coefficient (Wildman–Crippen LogP) is 5.49. The van der Waals surface area contributed by atoms with Crippen molar-refractivity contribution in [3.8, 4) is 10.7 Å². The Hall–Kier alpha value is -3.45. The second-order valence-electron chi connectivity index (χ2n) is 11.1. The molecule has 0 bridgehead atoms. The molecule has 0 spiro atoms. The highest BCUT2D eigenvalue weighted by atomic mass is 32.1. The van der Waals surface area contributed by atoms with Gasteiger partial charge in [-0.15, -0.1) is 11.3 Å². The molecule has 1 fully saturated rings. The molecule has 0 aliphatic carbocycles. The number of amides is 1. The van der Waals surface area contributed by atoms with Crippen LogP contribution in [0.4, 0.5) is 18.9 Å². The number of hydrogen-bond donors (Lipinski definition) is 3. The third-order valence-corrected chi connectivity index (χ3v) is 8.06. The topological polar surface area (TPSA) is 110 Å². The normalized spacial score (nSPS) is 18.3. The molecule has 40 heavy (non-hydrogen) atoms. The van der Waals surface area contributed by atoms with Crippen LogP contribution in [0.25, 0.3) is 20.8 Å². The minimum Gasteiger partial charge on any atom is -0.381 e. The van der Waals surface area contributed by atoms with Gasteiger partial charge in [-0.05, 0) is 64.1 Å². The number of piperidine rings is 1. The van der Waals surface area contributed by atoms with E-state index in [-0.39, 0.29) is 41.3 Å². The van der Waals surface area contributed by atoms with Gasteiger partial charge in [-0.25, -0.2) is 0 Å². The number of rotatable bonds is 7. The number of aromatic nitrogens is 4. The maximum Gasteiger partial charge on any atom is 0.393 e. The van der Waals surface area contributed by atoms with E-state index in [0.717, 1.165) is 29.8 Å². The predicted molar refractivity (Wildman–Crippen MR) is 147 cm³/mol. The highest BCUT2D eigenvalue weighted by molar-refractivity contribution is 7.23. The largest absolute Gasteiger partial charge is 0.393 e. The van der Waals surface area contributed by atoms with Crippen molar-refractivity contribution in [1.29, 1.82) is 0 Å². The van der Waals surface area contributed by atoms with E-state index >= 15 is 0 Å². The van der Waals surface area contributed by atoms with Crippen LogP contribution in [-0.2, 0) is 18.5 Å². The number of anilines is 1. The molecule has 0 radical (unpaired) electrons. The summed E-state index contributed by atoms with van der Waals surface area (Å²) in [6.45, 7) is 8.83. The van der Waals surface area contributed by atoms with Gasteiger partial charge >= 0.3 is 6.18 Å². The second-order valence-corrected chi connectivity index (χ2v) is 12.2. The van der Waals surface area contributed by atoms with E-state index in [1.807, 2.05) is 26.8 Å². The Morgan fingerprint density at radius 3 is 2.77 bits per heavy atom. The van der Waals surface area contributed by atoms with Crippen molar-refractivity contribution in [2.45, 2.75) is 77.3 Å². The summed E-state index contributed by atoms with van der Waals surface area (Å²) in [6.07, 6.45) is -0.586. The summed E-state index contributed by atoms with van der Waals surface area (Å²) in [6, 6.07) is 5.94. The van der Waals surface area contributed by atoms with Gasteiger partial charge in [0, 0.05) is 18.3 Å². The van der Waals surface area contributed by atoms with Crippen LogP contribution in [0.2, 0.25) is 0 Å². The first-order valence-electron chi connectivity index (χ1n) is 13.1. The van der Waals surface area contributed by atoms with Gasteiger partial charge in [-0.1, -0.05) is 17.3 Å². The van der Waals surface area contributed by atoms with Crippen LogP contribution in [0, 0.1) is 0 Å². The highest BCUT2D eigenvalue weighted by Gasteiger charge is 2.33. The minimum absolute atomic E-state index is 0.0617. The van der Waals surface area contributed by atoms with Gasteiger partial charge in [-0.2, -0.15) is 23.3 Å². The first kappa shape index (κ1) is 28.1. The van der Waals surface area contributed by atoms with Crippen molar-refractivity contribution in [1.82, 2.24) is 30.6 Å². The van der Waals surface area contributed by atoms with Gasteiger partial charge in [0.1, 0.15) is 0 Å². The molecular weight excluding hydrogens is 543 g/mol. The van der Waals surface area contributed by atoms with Gasteiger partial charge in [0.15, 0.2) is 0 Å². The number of thiophene rings is 1. The number of fused-ring (bicyclic) bond motifs is 1. The monoisotopic (exact) mass is 575 g/mol. The molecular formula is C27H32F3N7O2S. The standard InChI is InChI=1S/C27H32F3N7O2S/c1-15-10-17(8-9-31-15)34-20-7-5-6-18-19(11-27(28,29)30)23(40-22(18)20)24-35-21(39-36-24)13-32-25(38)16-12-33-37(14-16)26(2,3)4/h5-7,12,14-15,17,31,34H,8-11,13H2,1-4H3,(H,32,38)/t15-,17-/m1/s1. The molecule has 214 valence electrons. The van der Waals surface area contributed by atoms with Crippen molar-refractivity contribution in [2.75, 3.05) is 11.9 Å². The van der Waals surface area contributed by atoms with Gasteiger partial charge in [-0.3, -0.25) is 9.48 Å². The Bertz CT molecular complexity index is 1500. The smallest absolute Gasteiger partial charge is 0.381 e. The van der Waals surface area contributed by atoms with E-state index < -0.39 is 12.6 Å². The fraction of sp³-hybridized carbons (Fsp3) is 0.481. The zero-order valence-corrected chi connectivity index (χ0v) is 23.5. The number of benzene rings is 1. The average molecular weight is 576 g/mol. The molecule has 0 unspecified atom stereocenters. The summed E-state index contributed by atoms with van der Waals surface area (Å²) in [5.41, 5.74) is 0.998. The minimum atomic E-state index is -4.42. The summed E-state index contributed by atoms with van der Waals surface area (Å²) in [5, 5.41) is 18.4. The van der Waals surface area contributed by atoms with Crippen LogP contribution in [0.1, 0.15) is 62.3 Å². The van der Waals surface area contributed by atoms with Crippen molar-refractivity contribution in [3.63, 3.8) is 0 Å². The number of nitrogens with one attached hydrogen (secondary N) is 3. The fourth-order valence-electron chi connectivity index (χ4n) is 4.81. The number of hydrogen-bond acceptors (Lipinski definition) is 8. The number of halogens is 3. The zero-order valence-electron chi connectivity index (χ0n) is 22.7. The Morgan fingerprint density at radius 2 is 2.08 bits per heavy atom. The molecule has 1 aromatic carbocycles. The lowest BCUT2D eigenvalue weighted by Crippen LogP contribution is -2.41. The van der Waals surface area contributed by atoms with Crippen molar-refractivity contribution < 1.29 is 22.5 Å². The van der Waals surface area contributed by atoms with E-state index in [4.69, 9.17) is 4.52 Å². The van der Waals surface area contributed by atoms with E-state index in [2.05, 4.69) is 38.1 Å². The number of alkyl halides is 3. The van der Waals surface area contributed by atoms with Gasteiger partial charge in [0.05, 0.1) is 45.5 Å². The van der Waals surface area contributed by atoms with Crippen molar-refractivity contribution in [3.05, 3.63) is 47.6 Å². The highest BCUT2D eigenvalue weighted by Crippen LogP contribution is 2.43. The third-order valence-electron chi connectivity index (χ3n) is 6.78. The second kappa shape index (κ2) is 10.8. The summed E-state index contributed by atoms with van der Waals surface area (Å²) < 4.78 is 48.7. The van der Waals surface area contributed by atoms with Crippen LogP contribution in [-0.4, -0.2) is 50.6 Å². The van der Waals surface area contributed by atoms with Crippen molar-refractivity contribution in [2.24, 2.45) is 0 Å². The van der Waals surface area contributed by atoms with Gasteiger partial charge in [0.25, 0.3) is 5.91 Å². The molecule has 1 aliphatic rings. The summed E-state index contributed by atoms with van der Waals surface area (Å²) in [4.78, 5) is 17.2. The molecule has 2 atom stereocenters. The molecule has 4 aromatic rings. The van der Waals surface area contributed by atoms with E-state index in [1.54, 1.807) is 23.0 Å². The SMILES string of the molecule is C[C@@H]1C[C@H](Nc2cccc3c(CC(F)(F)F)c(-c4noc(CNC(=O)c5cnn(C(C)(C)C)c5)n4)sc23)CCN1. The summed E-state index contributed by atoms with van der Waals surface area (Å²) in [7, 11) is 0. The molecule has 3 N–H and O–H groups in total. The Labute approximate surface area is 233 Å². The molecule has 5 rings (SSSR count). The Balaban J connectivity index is 1.39. The van der Waals surface area contributed by atoms with Gasteiger partial charge in [0.2, 0.25) is 11.7 Å². The Morgan fingerprint density at radius 1 is 1.27 bits per heavy atom. The molecule has 0 saturated carbocycles. The lowest BCUT2D eigenvalue weighted by Gasteiger charge is -2.29.